The molecule has 0 aliphatic carbocycles. The average molecular weight is 311 g/mol. The third kappa shape index (κ3) is 4.12. The number of benzene rings is 1. The normalized spacial score (nSPS) is 12.8. The topological polar surface area (TPSA) is 43.4 Å². The van der Waals surface area contributed by atoms with Crippen molar-refractivity contribution in [1.82, 2.24) is 0 Å². The van der Waals surface area contributed by atoms with Gasteiger partial charge in [0.05, 0.1) is 11.6 Å². The lowest BCUT2D eigenvalue weighted by Gasteiger charge is -2.18. The first-order valence-corrected chi connectivity index (χ1v) is 7.54. The van der Waals surface area contributed by atoms with Crippen molar-refractivity contribution in [2.24, 2.45) is 5.41 Å². The van der Waals surface area contributed by atoms with Gasteiger partial charge >= 0.3 is 0 Å². The standard InChI is InChI=1S/C12H16Cl2O3S/c1-8-5-10(14)11(6-9(8)13)18(15,16)17-7-12(2,3)4/h5-6H,7H2,1-4H3. The Kier molecular flexibility index (Phi) is 4.70. The van der Waals surface area contributed by atoms with E-state index in [-0.39, 0.29) is 21.9 Å². The van der Waals surface area contributed by atoms with E-state index in [1.165, 1.54) is 12.1 Å². The van der Waals surface area contributed by atoms with Crippen LogP contribution in [-0.2, 0) is 14.3 Å². The fourth-order valence-corrected chi connectivity index (χ4v) is 3.06. The van der Waals surface area contributed by atoms with Crippen LogP contribution in [0, 0.1) is 12.3 Å². The van der Waals surface area contributed by atoms with E-state index in [0.29, 0.717) is 5.02 Å². The molecule has 0 aliphatic rings. The van der Waals surface area contributed by atoms with E-state index in [0.717, 1.165) is 5.56 Å². The van der Waals surface area contributed by atoms with Gasteiger partial charge in [0.15, 0.2) is 0 Å². The molecule has 1 aromatic carbocycles. The summed E-state index contributed by atoms with van der Waals surface area (Å²) in [5.41, 5.74) is 0.463. The van der Waals surface area contributed by atoms with Crippen molar-refractivity contribution in [3.05, 3.63) is 27.7 Å². The van der Waals surface area contributed by atoms with Crippen LogP contribution in [0.1, 0.15) is 26.3 Å². The Morgan fingerprint density at radius 2 is 1.72 bits per heavy atom. The van der Waals surface area contributed by atoms with Gasteiger partial charge < -0.3 is 0 Å². The molecule has 0 aromatic heterocycles. The van der Waals surface area contributed by atoms with Crippen LogP contribution in [0.3, 0.4) is 0 Å². The van der Waals surface area contributed by atoms with Gasteiger partial charge in [-0.1, -0.05) is 44.0 Å². The van der Waals surface area contributed by atoms with E-state index in [4.69, 9.17) is 27.4 Å². The zero-order valence-corrected chi connectivity index (χ0v) is 13.1. The number of hydrogen-bond donors (Lipinski definition) is 0. The molecule has 1 rings (SSSR count). The molecule has 0 saturated carbocycles. The van der Waals surface area contributed by atoms with E-state index in [9.17, 15) is 8.42 Å². The predicted molar refractivity (Wildman–Crippen MR) is 73.8 cm³/mol. The molecule has 1 aromatic rings. The van der Waals surface area contributed by atoms with Crippen LogP contribution >= 0.6 is 23.2 Å². The summed E-state index contributed by atoms with van der Waals surface area (Å²) >= 11 is 11.8. The van der Waals surface area contributed by atoms with Crippen molar-refractivity contribution in [3.8, 4) is 0 Å². The summed E-state index contributed by atoms with van der Waals surface area (Å²) in [7, 11) is -3.88. The van der Waals surface area contributed by atoms with Crippen LogP contribution in [0.5, 0.6) is 0 Å². The van der Waals surface area contributed by atoms with Crippen LogP contribution in [0.4, 0.5) is 0 Å². The van der Waals surface area contributed by atoms with E-state index in [1.807, 2.05) is 20.8 Å². The van der Waals surface area contributed by atoms with E-state index >= 15 is 0 Å². The monoisotopic (exact) mass is 310 g/mol. The largest absolute Gasteiger partial charge is 0.298 e. The van der Waals surface area contributed by atoms with E-state index in [1.54, 1.807) is 6.92 Å². The summed E-state index contributed by atoms with van der Waals surface area (Å²) in [6.07, 6.45) is 0. The van der Waals surface area contributed by atoms with Gasteiger partial charge in [-0.25, -0.2) is 0 Å². The Bertz CT molecular complexity index is 545. The first-order chi connectivity index (χ1) is 8.03. The molecule has 0 bridgehead atoms. The van der Waals surface area contributed by atoms with E-state index in [2.05, 4.69) is 0 Å². The van der Waals surface area contributed by atoms with Gasteiger partial charge in [0, 0.05) is 5.02 Å². The molecule has 102 valence electrons. The maximum absolute atomic E-state index is 12.0. The van der Waals surface area contributed by atoms with Crippen molar-refractivity contribution in [2.75, 3.05) is 6.61 Å². The van der Waals surface area contributed by atoms with Crippen molar-refractivity contribution >= 4 is 33.3 Å². The molecule has 6 heteroatoms. The molecule has 0 saturated heterocycles. The summed E-state index contributed by atoms with van der Waals surface area (Å²) in [6, 6.07) is 2.83. The molecule has 18 heavy (non-hydrogen) atoms. The van der Waals surface area contributed by atoms with Gasteiger partial charge in [0.1, 0.15) is 4.90 Å². The van der Waals surface area contributed by atoms with Crippen molar-refractivity contribution in [2.45, 2.75) is 32.6 Å². The minimum absolute atomic E-state index is 0.0805. The van der Waals surface area contributed by atoms with Crippen LogP contribution in [0.25, 0.3) is 0 Å². The average Bonchev–Trinajstić information content (AvgIpc) is 2.19. The minimum Gasteiger partial charge on any atom is -0.266 e. The molecule has 0 radical (unpaired) electrons. The summed E-state index contributed by atoms with van der Waals surface area (Å²) in [5, 5.41) is 0.461. The molecule has 0 unspecified atom stereocenters. The molecule has 0 aliphatic heterocycles. The zero-order valence-electron chi connectivity index (χ0n) is 10.8. The third-order valence-electron chi connectivity index (χ3n) is 2.13. The third-order valence-corrected chi connectivity index (χ3v) is 4.27. The van der Waals surface area contributed by atoms with Crippen molar-refractivity contribution < 1.29 is 12.6 Å². The van der Waals surface area contributed by atoms with Crippen LogP contribution in [-0.4, -0.2) is 15.0 Å². The Balaban J connectivity index is 3.10. The quantitative estimate of drug-likeness (QED) is 0.791. The van der Waals surface area contributed by atoms with Gasteiger partial charge in [0.25, 0.3) is 10.1 Å². The number of aryl methyl sites for hydroxylation is 1. The van der Waals surface area contributed by atoms with Gasteiger partial charge in [-0.05, 0) is 30.0 Å². The maximum atomic E-state index is 12.0. The van der Waals surface area contributed by atoms with Crippen molar-refractivity contribution in [1.29, 1.82) is 0 Å². The lowest BCUT2D eigenvalue weighted by atomic mass is 9.99. The molecule has 0 atom stereocenters. The number of rotatable bonds is 3. The van der Waals surface area contributed by atoms with E-state index < -0.39 is 10.1 Å². The van der Waals surface area contributed by atoms with Crippen LogP contribution in [0.15, 0.2) is 17.0 Å². The lowest BCUT2D eigenvalue weighted by Crippen LogP contribution is -2.19. The molecule has 0 spiro atoms. The fourth-order valence-electron chi connectivity index (χ4n) is 1.14. The second-order valence-corrected chi connectivity index (χ2v) is 7.71. The Morgan fingerprint density at radius 3 is 2.22 bits per heavy atom. The van der Waals surface area contributed by atoms with Crippen LogP contribution in [0.2, 0.25) is 10.0 Å². The number of halogens is 2. The Hall–Kier alpha value is -0.290. The highest BCUT2D eigenvalue weighted by Crippen LogP contribution is 2.30. The summed E-state index contributed by atoms with van der Waals surface area (Å²) < 4.78 is 29.0. The molecule has 0 fully saturated rings. The first-order valence-electron chi connectivity index (χ1n) is 5.38. The molecular formula is C12H16Cl2O3S. The van der Waals surface area contributed by atoms with Gasteiger partial charge in [-0.2, -0.15) is 8.42 Å². The molecular weight excluding hydrogens is 295 g/mol. The van der Waals surface area contributed by atoms with Crippen LogP contribution < -0.4 is 0 Å². The zero-order chi connectivity index (χ0) is 14.1. The van der Waals surface area contributed by atoms with Crippen molar-refractivity contribution in [3.63, 3.8) is 0 Å². The summed E-state index contributed by atoms with van der Waals surface area (Å²) in [4.78, 5) is -0.0935. The molecule has 3 nitrogen and oxygen atoms in total. The smallest absolute Gasteiger partial charge is 0.266 e. The lowest BCUT2D eigenvalue weighted by molar-refractivity contribution is 0.203. The highest BCUT2D eigenvalue weighted by Gasteiger charge is 2.23. The highest BCUT2D eigenvalue weighted by atomic mass is 35.5. The second-order valence-electron chi connectivity index (χ2n) is 5.31. The fraction of sp³-hybridized carbons (Fsp3) is 0.500. The van der Waals surface area contributed by atoms with Gasteiger partial charge in [-0.15, -0.1) is 0 Å². The molecule has 0 N–H and O–H groups in total. The van der Waals surface area contributed by atoms with Gasteiger partial charge in [-0.3, -0.25) is 4.18 Å². The SMILES string of the molecule is Cc1cc(Cl)c(S(=O)(=O)OCC(C)(C)C)cc1Cl. The molecule has 0 amide bonds. The predicted octanol–water partition coefficient (Wildman–Crippen LogP) is 4.05. The second kappa shape index (κ2) is 5.37. The summed E-state index contributed by atoms with van der Waals surface area (Å²) in [5.74, 6) is 0. The highest BCUT2D eigenvalue weighted by molar-refractivity contribution is 7.86. The molecule has 0 heterocycles. The summed E-state index contributed by atoms with van der Waals surface area (Å²) in [6.45, 7) is 7.47. The Labute approximate surface area is 118 Å². The minimum atomic E-state index is -3.88. The Morgan fingerprint density at radius 1 is 1.17 bits per heavy atom. The first kappa shape index (κ1) is 15.8. The van der Waals surface area contributed by atoms with Gasteiger partial charge in [0.2, 0.25) is 0 Å². The maximum Gasteiger partial charge on any atom is 0.298 e. The number of hydrogen-bond acceptors (Lipinski definition) is 3.